The molecule has 0 bridgehead atoms. The number of esters is 1. The first-order valence-electron chi connectivity index (χ1n) is 10.7. The van der Waals surface area contributed by atoms with Crippen molar-refractivity contribution in [1.82, 2.24) is 5.32 Å². The van der Waals surface area contributed by atoms with Gasteiger partial charge < -0.3 is 15.4 Å². The maximum Gasteiger partial charge on any atom is 0.329 e. The third-order valence-electron chi connectivity index (χ3n) is 4.43. The molecule has 2 aromatic carbocycles. The van der Waals surface area contributed by atoms with Crippen molar-refractivity contribution in [3.8, 4) is 0 Å². The summed E-state index contributed by atoms with van der Waals surface area (Å²) in [5.74, 6) is -0.323. The number of aryl methyl sites for hydroxylation is 1. The number of rotatable bonds is 8. The van der Waals surface area contributed by atoms with Crippen molar-refractivity contribution in [3.05, 3.63) is 54.1 Å². The summed E-state index contributed by atoms with van der Waals surface area (Å²) in [6, 6.07) is 11.4. The number of carbonyl (C=O) groups is 2. The molecule has 3 N–H and O–H groups in total. The van der Waals surface area contributed by atoms with Gasteiger partial charge in [0.05, 0.1) is 4.90 Å². The van der Waals surface area contributed by atoms with Crippen LogP contribution in [0.1, 0.15) is 46.6 Å². The zero-order valence-electron chi connectivity index (χ0n) is 19.9. The fourth-order valence-corrected chi connectivity index (χ4v) is 4.00. The molecule has 2 amide bonds. The maximum atomic E-state index is 12.5. The first kappa shape index (κ1) is 26.2. The summed E-state index contributed by atoms with van der Waals surface area (Å²) in [5.41, 5.74) is 1.10. The van der Waals surface area contributed by atoms with Crippen LogP contribution in [0.2, 0.25) is 0 Å². The van der Waals surface area contributed by atoms with E-state index in [-0.39, 0.29) is 10.8 Å². The van der Waals surface area contributed by atoms with E-state index in [1.165, 1.54) is 12.1 Å². The summed E-state index contributed by atoms with van der Waals surface area (Å²) in [5, 5.41) is 5.32. The van der Waals surface area contributed by atoms with Crippen LogP contribution in [-0.4, -0.2) is 32.1 Å². The van der Waals surface area contributed by atoms with Gasteiger partial charge >= 0.3 is 12.0 Å². The Morgan fingerprint density at radius 1 is 0.939 bits per heavy atom. The Kier molecular flexibility index (Phi) is 8.49. The van der Waals surface area contributed by atoms with E-state index >= 15 is 0 Å². The smallest absolute Gasteiger partial charge is 0.329 e. The Hall–Kier alpha value is -3.07. The topological polar surface area (TPSA) is 114 Å². The van der Waals surface area contributed by atoms with E-state index in [0.29, 0.717) is 17.8 Å². The average Bonchev–Trinajstić information content (AvgIpc) is 2.67. The summed E-state index contributed by atoms with van der Waals surface area (Å²) in [4.78, 5) is 25.1. The molecule has 0 spiro atoms. The maximum absolute atomic E-state index is 12.5. The second-order valence-corrected chi connectivity index (χ2v) is 11.0. The molecular formula is C24H33N3O5S. The van der Waals surface area contributed by atoms with Crippen molar-refractivity contribution < 1.29 is 22.7 Å². The predicted octanol–water partition coefficient (Wildman–Crippen LogP) is 4.67. The summed E-state index contributed by atoms with van der Waals surface area (Å²) >= 11 is 0. The second-order valence-electron chi connectivity index (χ2n) is 9.31. The van der Waals surface area contributed by atoms with Crippen LogP contribution in [0.15, 0.2) is 53.4 Å². The fourth-order valence-electron chi connectivity index (χ4n) is 2.94. The van der Waals surface area contributed by atoms with Gasteiger partial charge in [-0.1, -0.05) is 31.5 Å². The number of urea groups is 1. The van der Waals surface area contributed by atoms with Crippen molar-refractivity contribution in [1.29, 1.82) is 0 Å². The highest BCUT2D eigenvalue weighted by molar-refractivity contribution is 7.92. The lowest BCUT2D eigenvalue weighted by atomic mass is 10.0. The number of nitrogens with one attached hydrogen (secondary N) is 3. The van der Waals surface area contributed by atoms with Crippen molar-refractivity contribution in [3.63, 3.8) is 0 Å². The molecule has 33 heavy (non-hydrogen) atoms. The number of ether oxygens (including phenoxy) is 1. The van der Waals surface area contributed by atoms with Gasteiger partial charge in [-0.25, -0.2) is 18.0 Å². The molecule has 0 saturated heterocycles. The number of anilines is 2. The molecule has 0 heterocycles. The molecule has 0 aliphatic rings. The van der Waals surface area contributed by atoms with Crippen LogP contribution >= 0.6 is 0 Å². The molecule has 2 aromatic rings. The van der Waals surface area contributed by atoms with Crippen LogP contribution < -0.4 is 15.4 Å². The molecule has 1 atom stereocenters. The lowest BCUT2D eigenvalue weighted by Crippen LogP contribution is -2.46. The van der Waals surface area contributed by atoms with Crippen LogP contribution in [0.5, 0.6) is 0 Å². The van der Waals surface area contributed by atoms with E-state index in [1.807, 2.05) is 20.8 Å². The zero-order chi connectivity index (χ0) is 24.8. The summed E-state index contributed by atoms with van der Waals surface area (Å²) in [6.45, 7) is 11.1. The molecule has 0 aliphatic carbocycles. The molecule has 0 unspecified atom stereocenters. The normalized spacial score (nSPS) is 12.7. The number of carbonyl (C=O) groups excluding carboxylic acids is 2. The van der Waals surface area contributed by atoms with E-state index in [2.05, 4.69) is 15.4 Å². The monoisotopic (exact) mass is 475 g/mol. The van der Waals surface area contributed by atoms with Crippen LogP contribution in [0.3, 0.4) is 0 Å². The fraction of sp³-hybridized carbons (Fsp3) is 0.417. The number of hydrogen-bond acceptors (Lipinski definition) is 5. The van der Waals surface area contributed by atoms with Crippen LogP contribution in [-0.2, 0) is 19.6 Å². The van der Waals surface area contributed by atoms with Gasteiger partial charge in [0.1, 0.15) is 11.6 Å². The first-order valence-corrected chi connectivity index (χ1v) is 12.2. The third kappa shape index (κ3) is 8.76. The Morgan fingerprint density at radius 3 is 2.00 bits per heavy atom. The molecule has 0 saturated carbocycles. The summed E-state index contributed by atoms with van der Waals surface area (Å²) in [6.07, 6.45) is 0.433. The van der Waals surface area contributed by atoms with Crippen LogP contribution in [0.25, 0.3) is 0 Å². The van der Waals surface area contributed by atoms with E-state index in [9.17, 15) is 18.0 Å². The molecule has 0 aliphatic heterocycles. The van der Waals surface area contributed by atoms with Gasteiger partial charge in [0.15, 0.2) is 0 Å². The van der Waals surface area contributed by atoms with Gasteiger partial charge in [0.2, 0.25) is 0 Å². The highest BCUT2D eigenvalue weighted by Gasteiger charge is 2.27. The first-order chi connectivity index (χ1) is 15.2. The summed E-state index contributed by atoms with van der Waals surface area (Å²) in [7, 11) is -3.72. The number of benzene rings is 2. The number of amides is 2. The molecule has 2 rings (SSSR count). The minimum absolute atomic E-state index is 0.160. The largest absolute Gasteiger partial charge is 0.458 e. The van der Waals surface area contributed by atoms with Gasteiger partial charge in [-0.05, 0) is 76.4 Å². The molecule has 180 valence electrons. The third-order valence-corrected chi connectivity index (χ3v) is 5.83. The van der Waals surface area contributed by atoms with Crippen molar-refractivity contribution in [2.75, 3.05) is 10.0 Å². The van der Waals surface area contributed by atoms with E-state index in [4.69, 9.17) is 4.74 Å². The quantitative estimate of drug-likeness (QED) is 0.480. The van der Waals surface area contributed by atoms with E-state index < -0.39 is 33.7 Å². The predicted molar refractivity (Wildman–Crippen MR) is 130 cm³/mol. The summed E-state index contributed by atoms with van der Waals surface area (Å²) < 4.78 is 32.9. The second kappa shape index (κ2) is 10.7. The van der Waals surface area contributed by atoms with Gasteiger partial charge in [-0.2, -0.15) is 0 Å². The minimum Gasteiger partial charge on any atom is -0.458 e. The Labute approximate surface area is 196 Å². The average molecular weight is 476 g/mol. The van der Waals surface area contributed by atoms with Crippen molar-refractivity contribution in [2.45, 2.75) is 64.5 Å². The lowest BCUT2D eigenvalue weighted by molar-refractivity contribution is -0.157. The minimum atomic E-state index is -3.72. The van der Waals surface area contributed by atoms with Crippen LogP contribution in [0.4, 0.5) is 16.2 Å². The Balaban J connectivity index is 2.01. The van der Waals surface area contributed by atoms with Crippen molar-refractivity contribution >= 4 is 33.4 Å². The molecule has 0 aromatic heterocycles. The van der Waals surface area contributed by atoms with Gasteiger partial charge in [-0.15, -0.1) is 0 Å². The van der Waals surface area contributed by atoms with E-state index in [0.717, 1.165) is 5.56 Å². The van der Waals surface area contributed by atoms with Gasteiger partial charge in [0, 0.05) is 11.4 Å². The molecular weight excluding hydrogens is 442 g/mol. The molecule has 0 fully saturated rings. The lowest BCUT2D eigenvalue weighted by Gasteiger charge is -2.25. The number of hydrogen-bond donors (Lipinski definition) is 3. The van der Waals surface area contributed by atoms with E-state index in [1.54, 1.807) is 57.2 Å². The highest BCUT2D eigenvalue weighted by Crippen LogP contribution is 2.19. The van der Waals surface area contributed by atoms with Crippen molar-refractivity contribution in [2.24, 2.45) is 5.92 Å². The standard InChI is InChI=1S/C24H33N3O5S/c1-16(2)15-21(22(28)32-24(4,5)6)26-23(29)25-18-9-11-19(12-10-18)27-33(30,31)20-13-7-17(3)8-14-20/h7-14,16,21,27H,15H2,1-6H3,(H2,25,26,29)/t21-/m1/s1. The SMILES string of the molecule is Cc1ccc(S(=O)(=O)Nc2ccc(NC(=O)N[C@H](CC(C)C)C(=O)OC(C)(C)C)cc2)cc1. The Bertz CT molecular complexity index is 1060. The van der Waals surface area contributed by atoms with Gasteiger partial charge in [0.25, 0.3) is 10.0 Å². The molecule has 8 nitrogen and oxygen atoms in total. The van der Waals surface area contributed by atoms with Gasteiger partial charge in [-0.3, -0.25) is 4.72 Å². The molecule has 0 radical (unpaired) electrons. The number of sulfonamides is 1. The molecule has 9 heteroatoms. The zero-order valence-corrected chi connectivity index (χ0v) is 20.7. The highest BCUT2D eigenvalue weighted by atomic mass is 32.2. The Morgan fingerprint density at radius 2 is 1.48 bits per heavy atom. The van der Waals surface area contributed by atoms with Crippen LogP contribution in [0, 0.1) is 12.8 Å².